The molecule has 0 spiro atoms. The molecule has 2 aromatic carbocycles. The maximum absolute atomic E-state index is 11.9. The lowest BCUT2D eigenvalue weighted by atomic mass is 10.3. The van der Waals surface area contributed by atoms with Gasteiger partial charge < -0.3 is 9.30 Å². The zero-order valence-corrected chi connectivity index (χ0v) is 15.8. The summed E-state index contributed by atoms with van der Waals surface area (Å²) in [5, 5.41) is 4.04. The van der Waals surface area contributed by atoms with Crippen molar-refractivity contribution < 1.29 is 9.53 Å². The Morgan fingerprint density at radius 3 is 2.73 bits per heavy atom. The van der Waals surface area contributed by atoms with Gasteiger partial charge in [-0.2, -0.15) is 5.10 Å². The molecule has 1 amide bonds. The fourth-order valence-electron chi connectivity index (χ4n) is 2.50. The van der Waals surface area contributed by atoms with Crippen LogP contribution in [0, 0.1) is 6.92 Å². The molecule has 0 bridgehead atoms. The summed E-state index contributed by atoms with van der Waals surface area (Å²) in [7, 11) is 0. The fourth-order valence-corrected chi connectivity index (χ4v) is 2.88. The number of carbonyl (C=O) groups excluding carboxylic acids is 1. The van der Waals surface area contributed by atoms with Gasteiger partial charge in [-0.05, 0) is 49.4 Å². The summed E-state index contributed by atoms with van der Waals surface area (Å²) in [5.74, 6) is 0.294. The molecule has 3 rings (SSSR count). The molecule has 5 nitrogen and oxygen atoms in total. The smallest absolute Gasteiger partial charge is 0.277 e. The summed E-state index contributed by atoms with van der Waals surface area (Å²) in [6.45, 7) is 1.92. The van der Waals surface area contributed by atoms with Crippen molar-refractivity contribution >= 4 is 28.1 Å². The molecule has 3 aromatic rings. The van der Waals surface area contributed by atoms with E-state index in [1.807, 2.05) is 61.5 Å². The average molecular weight is 412 g/mol. The Hall–Kier alpha value is -2.86. The van der Waals surface area contributed by atoms with Crippen molar-refractivity contribution in [3.05, 3.63) is 82.6 Å². The van der Waals surface area contributed by atoms with E-state index in [9.17, 15) is 4.79 Å². The minimum atomic E-state index is -0.323. The highest BCUT2D eigenvalue weighted by atomic mass is 79.9. The third-order valence-electron chi connectivity index (χ3n) is 3.67. The average Bonchev–Trinajstić information content (AvgIpc) is 3.01. The van der Waals surface area contributed by atoms with Gasteiger partial charge in [-0.1, -0.05) is 40.2 Å². The van der Waals surface area contributed by atoms with E-state index in [1.165, 1.54) is 0 Å². The summed E-state index contributed by atoms with van der Waals surface area (Å²) in [6, 6.07) is 21.3. The van der Waals surface area contributed by atoms with Crippen molar-refractivity contribution in [1.82, 2.24) is 9.99 Å². The number of hydrogen-bond acceptors (Lipinski definition) is 3. The van der Waals surface area contributed by atoms with E-state index in [-0.39, 0.29) is 12.5 Å². The topological polar surface area (TPSA) is 55.6 Å². The first-order chi connectivity index (χ1) is 12.6. The van der Waals surface area contributed by atoms with Crippen molar-refractivity contribution in [3.8, 4) is 11.4 Å². The highest BCUT2D eigenvalue weighted by Crippen LogP contribution is 2.17. The van der Waals surface area contributed by atoms with Gasteiger partial charge in [0.05, 0.1) is 11.9 Å². The maximum Gasteiger partial charge on any atom is 0.277 e. The van der Waals surface area contributed by atoms with Gasteiger partial charge in [-0.25, -0.2) is 5.43 Å². The van der Waals surface area contributed by atoms with Crippen LogP contribution in [0.25, 0.3) is 5.69 Å². The molecule has 0 aliphatic carbocycles. The Morgan fingerprint density at radius 1 is 1.15 bits per heavy atom. The molecule has 0 atom stereocenters. The monoisotopic (exact) mass is 411 g/mol. The molecule has 26 heavy (non-hydrogen) atoms. The third-order valence-corrected chi connectivity index (χ3v) is 4.17. The predicted octanol–water partition coefficient (Wildman–Crippen LogP) is 4.08. The Morgan fingerprint density at radius 2 is 1.96 bits per heavy atom. The van der Waals surface area contributed by atoms with Crippen molar-refractivity contribution in [3.63, 3.8) is 0 Å². The minimum absolute atomic E-state index is 0.105. The number of nitrogens with zero attached hydrogens (tertiary/aromatic N) is 2. The molecule has 0 saturated heterocycles. The normalized spacial score (nSPS) is 10.8. The lowest BCUT2D eigenvalue weighted by molar-refractivity contribution is -0.123. The number of aromatic nitrogens is 1. The summed E-state index contributed by atoms with van der Waals surface area (Å²) in [6.07, 6.45) is 1.62. The Bertz CT molecular complexity index is 920. The second kappa shape index (κ2) is 8.49. The predicted molar refractivity (Wildman–Crippen MR) is 106 cm³/mol. The zero-order valence-electron chi connectivity index (χ0n) is 14.2. The first kappa shape index (κ1) is 17.9. The van der Waals surface area contributed by atoms with Crippen LogP contribution in [0.1, 0.15) is 11.4 Å². The maximum atomic E-state index is 11.9. The molecular weight excluding hydrogens is 394 g/mol. The Kier molecular flexibility index (Phi) is 5.86. The first-order valence-electron chi connectivity index (χ1n) is 8.07. The van der Waals surface area contributed by atoms with Crippen molar-refractivity contribution in [1.29, 1.82) is 0 Å². The first-order valence-corrected chi connectivity index (χ1v) is 8.87. The number of amides is 1. The van der Waals surface area contributed by atoms with Crippen LogP contribution in [-0.2, 0) is 4.79 Å². The molecule has 132 valence electrons. The summed E-state index contributed by atoms with van der Waals surface area (Å²) < 4.78 is 8.38. The van der Waals surface area contributed by atoms with Crippen molar-refractivity contribution in [2.75, 3.05) is 6.61 Å². The number of rotatable bonds is 6. The molecule has 0 saturated carbocycles. The molecule has 0 aliphatic heterocycles. The van der Waals surface area contributed by atoms with Crippen LogP contribution in [-0.4, -0.2) is 23.3 Å². The third kappa shape index (κ3) is 4.61. The van der Waals surface area contributed by atoms with Crippen LogP contribution in [0.3, 0.4) is 0 Å². The SMILES string of the molecule is Cc1ccc(/C=N\NC(=O)COc2cccc(Br)c2)n1-c1ccccc1. The van der Waals surface area contributed by atoms with Crippen LogP contribution in [0.15, 0.2) is 76.3 Å². The van der Waals surface area contributed by atoms with Crippen LogP contribution < -0.4 is 10.2 Å². The molecule has 0 aliphatic rings. The van der Waals surface area contributed by atoms with Gasteiger partial charge in [0.1, 0.15) is 5.75 Å². The van der Waals surface area contributed by atoms with Gasteiger partial charge >= 0.3 is 0 Å². The van der Waals surface area contributed by atoms with E-state index in [4.69, 9.17) is 4.74 Å². The molecule has 0 unspecified atom stereocenters. The van der Waals surface area contributed by atoms with E-state index in [1.54, 1.807) is 18.3 Å². The lowest BCUT2D eigenvalue weighted by Gasteiger charge is -2.09. The number of benzene rings is 2. The van der Waals surface area contributed by atoms with E-state index < -0.39 is 0 Å². The Balaban J connectivity index is 1.60. The zero-order chi connectivity index (χ0) is 18.4. The molecule has 0 fully saturated rings. The van der Waals surface area contributed by atoms with Crippen LogP contribution >= 0.6 is 15.9 Å². The quantitative estimate of drug-likeness (QED) is 0.490. The van der Waals surface area contributed by atoms with Gasteiger partial charge in [-0.15, -0.1) is 0 Å². The van der Waals surface area contributed by atoms with Gasteiger partial charge in [-0.3, -0.25) is 4.79 Å². The number of ether oxygens (including phenoxy) is 1. The minimum Gasteiger partial charge on any atom is -0.484 e. The van der Waals surface area contributed by atoms with Gasteiger partial charge in [0.15, 0.2) is 6.61 Å². The molecule has 1 aromatic heterocycles. The van der Waals surface area contributed by atoms with Crippen molar-refractivity contribution in [2.24, 2.45) is 5.10 Å². The Labute approximate surface area is 160 Å². The number of para-hydroxylation sites is 1. The lowest BCUT2D eigenvalue weighted by Crippen LogP contribution is -2.24. The highest BCUT2D eigenvalue weighted by molar-refractivity contribution is 9.10. The molecule has 0 radical (unpaired) electrons. The number of hydrogen-bond donors (Lipinski definition) is 1. The summed E-state index contributed by atoms with van der Waals surface area (Å²) in [5.41, 5.74) is 5.49. The number of carbonyl (C=O) groups is 1. The fraction of sp³-hybridized carbons (Fsp3) is 0.100. The van der Waals surface area contributed by atoms with Crippen LogP contribution in [0.2, 0.25) is 0 Å². The number of halogens is 1. The van der Waals surface area contributed by atoms with E-state index >= 15 is 0 Å². The van der Waals surface area contributed by atoms with Gasteiger partial charge in [0.2, 0.25) is 0 Å². The van der Waals surface area contributed by atoms with Crippen molar-refractivity contribution in [2.45, 2.75) is 6.92 Å². The number of nitrogens with one attached hydrogen (secondary N) is 1. The van der Waals surface area contributed by atoms with Crippen LogP contribution in [0.4, 0.5) is 0 Å². The summed E-state index contributed by atoms with van der Waals surface area (Å²) in [4.78, 5) is 11.9. The largest absolute Gasteiger partial charge is 0.484 e. The molecule has 6 heteroatoms. The number of aryl methyl sites for hydroxylation is 1. The van der Waals surface area contributed by atoms with E-state index in [0.717, 1.165) is 21.5 Å². The number of hydrazone groups is 1. The van der Waals surface area contributed by atoms with Gasteiger partial charge in [0.25, 0.3) is 5.91 Å². The second-order valence-corrected chi connectivity index (χ2v) is 6.53. The standard InChI is InChI=1S/C20H18BrN3O2/c1-15-10-11-18(24(15)17-7-3-2-4-8-17)13-22-23-20(25)14-26-19-9-5-6-16(21)12-19/h2-13H,14H2,1H3,(H,23,25)/b22-13-. The molecule has 1 heterocycles. The van der Waals surface area contributed by atoms with E-state index in [0.29, 0.717) is 5.75 Å². The van der Waals surface area contributed by atoms with E-state index in [2.05, 4.69) is 31.0 Å². The van der Waals surface area contributed by atoms with Gasteiger partial charge in [0, 0.05) is 15.9 Å². The highest BCUT2D eigenvalue weighted by Gasteiger charge is 2.06. The molecule has 1 N–H and O–H groups in total. The van der Waals surface area contributed by atoms with Crippen LogP contribution in [0.5, 0.6) is 5.75 Å². The molecular formula is C20H18BrN3O2. The summed E-state index contributed by atoms with van der Waals surface area (Å²) >= 11 is 3.36. The second-order valence-electron chi connectivity index (χ2n) is 5.61.